The summed E-state index contributed by atoms with van der Waals surface area (Å²) in [6.07, 6.45) is 4.64. The highest BCUT2D eigenvalue weighted by Gasteiger charge is 2.36. The Hall–Kier alpha value is -3.06. The Kier molecular flexibility index (Phi) is 7.73. The average molecular weight is 484 g/mol. The summed E-state index contributed by atoms with van der Waals surface area (Å²) < 4.78 is 5.13. The Morgan fingerprint density at radius 3 is 2.06 bits per heavy atom. The van der Waals surface area contributed by atoms with E-state index in [4.69, 9.17) is 16.3 Å². The van der Waals surface area contributed by atoms with Crippen molar-refractivity contribution in [1.82, 2.24) is 15.5 Å². The predicted molar refractivity (Wildman–Crippen MR) is 130 cm³/mol. The molecule has 4 rings (SSSR count). The number of halogens is 1. The highest BCUT2D eigenvalue weighted by Crippen LogP contribution is 2.24. The van der Waals surface area contributed by atoms with Crippen LogP contribution in [0.3, 0.4) is 0 Å². The lowest BCUT2D eigenvalue weighted by Gasteiger charge is -2.31. The van der Waals surface area contributed by atoms with Crippen molar-refractivity contribution in [1.29, 1.82) is 0 Å². The zero-order chi connectivity index (χ0) is 24.1. The molecule has 1 aliphatic heterocycles. The largest absolute Gasteiger partial charge is 0.497 e. The molecular weight excluding hydrogens is 454 g/mol. The number of hydrogen-bond donors (Lipinski definition) is 2. The van der Waals surface area contributed by atoms with Crippen LogP contribution in [-0.2, 0) is 4.79 Å². The number of hydrogen-bond acceptors (Lipinski definition) is 4. The van der Waals surface area contributed by atoms with Crippen LogP contribution in [0, 0.1) is 0 Å². The molecule has 1 saturated heterocycles. The molecule has 180 valence electrons. The monoisotopic (exact) mass is 483 g/mol. The lowest BCUT2D eigenvalue weighted by molar-refractivity contribution is -0.125. The van der Waals surface area contributed by atoms with Gasteiger partial charge in [0, 0.05) is 34.8 Å². The molecule has 2 aliphatic rings. The molecule has 1 heterocycles. The van der Waals surface area contributed by atoms with E-state index in [0.29, 0.717) is 34.9 Å². The molecule has 34 heavy (non-hydrogen) atoms. The number of nitrogens with one attached hydrogen (secondary N) is 2. The number of benzene rings is 2. The number of amides is 3. The molecule has 2 aromatic carbocycles. The van der Waals surface area contributed by atoms with Gasteiger partial charge in [-0.25, -0.2) is 0 Å². The van der Waals surface area contributed by atoms with Gasteiger partial charge in [-0.15, -0.1) is 0 Å². The zero-order valence-corrected chi connectivity index (χ0v) is 20.0. The van der Waals surface area contributed by atoms with Crippen molar-refractivity contribution >= 4 is 29.3 Å². The summed E-state index contributed by atoms with van der Waals surface area (Å²) >= 11 is 5.93. The first-order chi connectivity index (χ1) is 16.4. The van der Waals surface area contributed by atoms with Crippen molar-refractivity contribution in [2.24, 2.45) is 0 Å². The quantitative estimate of drug-likeness (QED) is 0.654. The van der Waals surface area contributed by atoms with Gasteiger partial charge in [-0.1, -0.05) is 11.6 Å². The van der Waals surface area contributed by atoms with Gasteiger partial charge >= 0.3 is 0 Å². The summed E-state index contributed by atoms with van der Waals surface area (Å²) in [7, 11) is 1.59. The minimum Gasteiger partial charge on any atom is -0.497 e. The molecule has 8 heteroatoms. The van der Waals surface area contributed by atoms with Gasteiger partial charge in [-0.2, -0.15) is 0 Å². The molecule has 7 nitrogen and oxygen atoms in total. The number of methoxy groups -OCH3 is 1. The summed E-state index contributed by atoms with van der Waals surface area (Å²) in [5.41, 5.74) is 1.14. The normalized spacial score (nSPS) is 22.2. The van der Waals surface area contributed by atoms with Gasteiger partial charge in [0.2, 0.25) is 5.91 Å². The summed E-state index contributed by atoms with van der Waals surface area (Å²) in [5.74, 6) is 0.380. The number of rotatable bonds is 6. The van der Waals surface area contributed by atoms with Crippen LogP contribution in [0.25, 0.3) is 0 Å². The minimum atomic E-state index is -0.448. The fourth-order valence-corrected chi connectivity index (χ4v) is 4.86. The highest BCUT2D eigenvalue weighted by atomic mass is 35.5. The van der Waals surface area contributed by atoms with Gasteiger partial charge in [-0.05, 0) is 87.1 Å². The molecule has 3 amide bonds. The Morgan fingerprint density at radius 1 is 0.853 bits per heavy atom. The standard InChI is InChI=1S/C26H30ClN3O4/c1-34-22-14-6-17(7-15-22)24(31)28-20-10-12-21(13-11-20)29-25(32)23-3-2-16-30(23)26(33)18-4-8-19(27)9-5-18/h4-9,14-15,20-21,23H,2-3,10-13,16H2,1H3,(H,28,31)(H,29,32)/t20?,21?,23-/m0/s1. The van der Waals surface area contributed by atoms with E-state index in [1.807, 2.05) is 0 Å². The van der Waals surface area contributed by atoms with Crippen LogP contribution in [0.5, 0.6) is 5.75 Å². The van der Waals surface area contributed by atoms with Crippen molar-refractivity contribution in [2.75, 3.05) is 13.7 Å². The maximum absolute atomic E-state index is 13.0. The third-order valence-corrected chi connectivity index (χ3v) is 6.92. The number of carbonyl (C=O) groups is 3. The average Bonchev–Trinajstić information content (AvgIpc) is 3.35. The van der Waals surface area contributed by atoms with E-state index in [2.05, 4.69) is 10.6 Å². The molecule has 0 bridgehead atoms. The van der Waals surface area contributed by atoms with Crippen LogP contribution in [0.1, 0.15) is 59.2 Å². The molecule has 1 aliphatic carbocycles. The van der Waals surface area contributed by atoms with Gasteiger partial charge < -0.3 is 20.3 Å². The smallest absolute Gasteiger partial charge is 0.254 e. The second kappa shape index (κ2) is 10.9. The number of ether oxygens (including phenoxy) is 1. The Bertz CT molecular complexity index is 1020. The van der Waals surface area contributed by atoms with Gasteiger partial charge in [0.25, 0.3) is 11.8 Å². The van der Waals surface area contributed by atoms with Crippen LogP contribution < -0.4 is 15.4 Å². The molecular formula is C26H30ClN3O4. The third kappa shape index (κ3) is 5.70. The summed E-state index contributed by atoms with van der Waals surface area (Å²) in [6.45, 7) is 0.573. The minimum absolute atomic E-state index is 0.0507. The van der Waals surface area contributed by atoms with Crippen molar-refractivity contribution in [3.05, 3.63) is 64.7 Å². The topological polar surface area (TPSA) is 87.7 Å². The Balaban J connectivity index is 1.26. The van der Waals surface area contributed by atoms with Crippen molar-refractivity contribution in [3.63, 3.8) is 0 Å². The molecule has 0 spiro atoms. The van der Waals surface area contributed by atoms with E-state index in [9.17, 15) is 14.4 Å². The maximum Gasteiger partial charge on any atom is 0.254 e. The first-order valence-electron chi connectivity index (χ1n) is 11.8. The molecule has 0 radical (unpaired) electrons. The van der Waals surface area contributed by atoms with Crippen LogP contribution in [-0.4, -0.2) is 54.4 Å². The van der Waals surface area contributed by atoms with Gasteiger partial charge in [-0.3, -0.25) is 14.4 Å². The molecule has 2 fully saturated rings. The number of likely N-dealkylation sites (tertiary alicyclic amines) is 1. The summed E-state index contributed by atoms with van der Waals surface area (Å²) in [6, 6.07) is 13.5. The lowest BCUT2D eigenvalue weighted by Crippen LogP contribution is -2.50. The van der Waals surface area contributed by atoms with Crippen molar-refractivity contribution in [3.8, 4) is 5.75 Å². The Labute approximate surface area is 204 Å². The zero-order valence-electron chi connectivity index (χ0n) is 19.3. The Morgan fingerprint density at radius 2 is 1.44 bits per heavy atom. The maximum atomic E-state index is 13.0. The van der Waals surface area contributed by atoms with Gasteiger partial charge in [0.1, 0.15) is 11.8 Å². The van der Waals surface area contributed by atoms with E-state index in [-0.39, 0.29) is 29.8 Å². The van der Waals surface area contributed by atoms with E-state index in [1.165, 1.54) is 0 Å². The van der Waals surface area contributed by atoms with E-state index >= 15 is 0 Å². The summed E-state index contributed by atoms with van der Waals surface area (Å²) in [4.78, 5) is 40.1. The molecule has 2 N–H and O–H groups in total. The SMILES string of the molecule is COc1ccc(C(=O)NC2CCC(NC(=O)[C@@H]3CCCN3C(=O)c3ccc(Cl)cc3)CC2)cc1. The van der Waals surface area contributed by atoms with Gasteiger partial charge in [0.15, 0.2) is 0 Å². The molecule has 0 aromatic heterocycles. The molecule has 1 saturated carbocycles. The second-order valence-electron chi connectivity index (χ2n) is 8.92. The molecule has 0 unspecified atom stereocenters. The van der Waals surface area contributed by atoms with Crippen LogP contribution in [0.15, 0.2) is 48.5 Å². The van der Waals surface area contributed by atoms with Crippen molar-refractivity contribution in [2.45, 2.75) is 56.7 Å². The lowest BCUT2D eigenvalue weighted by atomic mass is 9.90. The predicted octanol–water partition coefficient (Wildman–Crippen LogP) is 3.81. The van der Waals surface area contributed by atoms with Crippen molar-refractivity contribution < 1.29 is 19.1 Å². The molecule has 2 aromatic rings. The fraction of sp³-hybridized carbons (Fsp3) is 0.423. The first-order valence-corrected chi connectivity index (χ1v) is 12.1. The van der Waals surface area contributed by atoms with E-state index in [0.717, 1.165) is 32.1 Å². The molecule has 1 atom stereocenters. The highest BCUT2D eigenvalue weighted by molar-refractivity contribution is 6.30. The number of carbonyl (C=O) groups excluding carboxylic acids is 3. The van der Waals surface area contributed by atoms with E-state index in [1.54, 1.807) is 60.5 Å². The van der Waals surface area contributed by atoms with Gasteiger partial charge in [0.05, 0.1) is 7.11 Å². The van der Waals surface area contributed by atoms with Crippen LogP contribution in [0.4, 0.5) is 0 Å². The fourth-order valence-electron chi connectivity index (χ4n) is 4.73. The first kappa shape index (κ1) is 24.1. The number of nitrogens with zero attached hydrogens (tertiary/aromatic N) is 1. The van der Waals surface area contributed by atoms with Crippen LogP contribution in [0.2, 0.25) is 5.02 Å². The van der Waals surface area contributed by atoms with Crippen LogP contribution >= 0.6 is 11.6 Å². The second-order valence-corrected chi connectivity index (χ2v) is 9.36. The third-order valence-electron chi connectivity index (χ3n) is 6.67. The summed E-state index contributed by atoms with van der Waals surface area (Å²) in [5, 5.41) is 6.81. The van der Waals surface area contributed by atoms with E-state index < -0.39 is 6.04 Å².